The van der Waals surface area contributed by atoms with E-state index in [1.165, 1.54) is 0 Å². The molecule has 0 aromatic heterocycles. The first-order valence-electron chi connectivity index (χ1n) is 7.67. The van der Waals surface area contributed by atoms with E-state index in [9.17, 15) is 0 Å². The molecule has 1 aromatic rings. The van der Waals surface area contributed by atoms with Gasteiger partial charge in [0.1, 0.15) is 5.75 Å². The smallest absolute Gasteiger partial charge is 0.189 e. The highest BCUT2D eigenvalue weighted by Crippen LogP contribution is 2.33. The first-order chi connectivity index (χ1) is 10.2. The lowest BCUT2D eigenvalue weighted by Gasteiger charge is -2.37. The van der Waals surface area contributed by atoms with Crippen LogP contribution in [0.2, 0.25) is 5.02 Å². The van der Waals surface area contributed by atoms with Gasteiger partial charge >= 0.3 is 0 Å². The van der Waals surface area contributed by atoms with Crippen LogP contribution >= 0.6 is 11.6 Å². The zero-order valence-corrected chi connectivity index (χ0v) is 13.2. The highest BCUT2D eigenvalue weighted by atomic mass is 35.5. The molecular formula is C16H23ClN2O2. The lowest BCUT2D eigenvalue weighted by molar-refractivity contribution is -0.0176. The van der Waals surface area contributed by atoms with Crippen molar-refractivity contribution in [3.8, 4) is 5.75 Å². The van der Waals surface area contributed by atoms with Gasteiger partial charge in [0.15, 0.2) is 6.79 Å². The first kappa shape index (κ1) is 15.1. The minimum atomic E-state index is 0.324. The molecule has 2 heterocycles. The Morgan fingerprint density at radius 3 is 3.10 bits per heavy atom. The zero-order valence-electron chi connectivity index (χ0n) is 12.5. The lowest BCUT2D eigenvalue weighted by Crippen LogP contribution is -2.46. The summed E-state index contributed by atoms with van der Waals surface area (Å²) in [6.07, 6.45) is 2.20. The van der Waals surface area contributed by atoms with Gasteiger partial charge in [-0.3, -0.25) is 4.90 Å². The molecule has 1 aromatic carbocycles. The van der Waals surface area contributed by atoms with Gasteiger partial charge in [-0.2, -0.15) is 0 Å². The molecule has 2 aliphatic heterocycles. The van der Waals surface area contributed by atoms with Gasteiger partial charge in [-0.05, 0) is 31.0 Å². The van der Waals surface area contributed by atoms with Crippen molar-refractivity contribution in [1.29, 1.82) is 0 Å². The number of hydrogen-bond donors (Lipinski definition) is 1. The number of piperidine rings is 1. The second kappa shape index (κ2) is 6.53. The summed E-state index contributed by atoms with van der Waals surface area (Å²) in [4.78, 5) is 2.46. The molecule has 0 aliphatic carbocycles. The Morgan fingerprint density at radius 2 is 2.29 bits per heavy atom. The molecule has 2 atom stereocenters. The van der Waals surface area contributed by atoms with Gasteiger partial charge in [0.25, 0.3) is 0 Å². The van der Waals surface area contributed by atoms with E-state index in [2.05, 4.69) is 11.8 Å². The maximum atomic E-state index is 6.23. The summed E-state index contributed by atoms with van der Waals surface area (Å²) in [6, 6.07) is 4.28. The van der Waals surface area contributed by atoms with Crippen LogP contribution < -0.4 is 10.5 Å². The van der Waals surface area contributed by atoms with Crippen LogP contribution in [-0.4, -0.2) is 30.8 Å². The third-order valence-electron chi connectivity index (χ3n) is 4.55. The number of likely N-dealkylation sites (tertiary alicyclic amines) is 1. The van der Waals surface area contributed by atoms with E-state index in [1.807, 2.05) is 12.1 Å². The number of hydrogen-bond acceptors (Lipinski definition) is 4. The second-order valence-corrected chi connectivity index (χ2v) is 6.46. The number of halogens is 1. The normalized spacial score (nSPS) is 26.2. The third kappa shape index (κ3) is 3.34. The van der Waals surface area contributed by atoms with Gasteiger partial charge in [0.2, 0.25) is 0 Å². The topological polar surface area (TPSA) is 47.7 Å². The van der Waals surface area contributed by atoms with Crippen molar-refractivity contribution in [1.82, 2.24) is 4.90 Å². The summed E-state index contributed by atoms with van der Waals surface area (Å²) in [7, 11) is 0. The van der Waals surface area contributed by atoms with E-state index in [1.54, 1.807) is 0 Å². The fourth-order valence-electron chi connectivity index (χ4n) is 3.32. The summed E-state index contributed by atoms with van der Waals surface area (Å²) < 4.78 is 11.0. The minimum absolute atomic E-state index is 0.324. The first-order valence-corrected chi connectivity index (χ1v) is 8.05. The van der Waals surface area contributed by atoms with Crippen LogP contribution in [0.15, 0.2) is 12.1 Å². The van der Waals surface area contributed by atoms with Crippen LogP contribution in [0.3, 0.4) is 0 Å². The molecule has 3 rings (SSSR count). The van der Waals surface area contributed by atoms with Crippen LogP contribution in [0.4, 0.5) is 0 Å². The average Bonchev–Trinajstić information content (AvgIpc) is 2.49. The molecule has 2 N–H and O–H groups in total. The van der Waals surface area contributed by atoms with Crippen molar-refractivity contribution >= 4 is 11.6 Å². The number of benzene rings is 1. The van der Waals surface area contributed by atoms with Gasteiger partial charge in [-0.1, -0.05) is 24.9 Å². The molecule has 1 saturated heterocycles. The fourth-order valence-corrected chi connectivity index (χ4v) is 3.58. The van der Waals surface area contributed by atoms with Gasteiger partial charge in [-0.25, -0.2) is 0 Å². The van der Waals surface area contributed by atoms with Crippen molar-refractivity contribution in [3.63, 3.8) is 0 Å². The molecule has 0 bridgehead atoms. The SMILES string of the molecule is CCC1CN(Cc2cc(Cl)cc3c2OCOC3)CCC1N. The van der Waals surface area contributed by atoms with E-state index in [0.717, 1.165) is 54.4 Å². The third-order valence-corrected chi connectivity index (χ3v) is 4.77. The standard InChI is InChI=1S/C16H23ClN2O2/c1-2-11-7-19(4-3-15(11)18)8-12-5-14(17)6-13-9-20-10-21-16(12)13/h5-6,11,15H,2-4,7-10,18H2,1H3. The van der Waals surface area contributed by atoms with Crippen LogP contribution in [0.5, 0.6) is 5.75 Å². The molecule has 116 valence electrons. The number of nitrogens with zero attached hydrogens (tertiary/aromatic N) is 1. The van der Waals surface area contributed by atoms with E-state index >= 15 is 0 Å². The Bertz CT molecular complexity index is 509. The van der Waals surface area contributed by atoms with E-state index in [4.69, 9.17) is 26.8 Å². The summed E-state index contributed by atoms with van der Waals surface area (Å²) in [5.41, 5.74) is 8.40. The molecule has 2 aliphatic rings. The Kier molecular flexibility index (Phi) is 4.69. The molecular weight excluding hydrogens is 288 g/mol. The van der Waals surface area contributed by atoms with Crippen LogP contribution in [0.25, 0.3) is 0 Å². The van der Waals surface area contributed by atoms with E-state index in [0.29, 0.717) is 25.4 Å². The van der Waals surface area contributed by atoms with Crippen molar-refractivity contribution in [2.45, 2.75) is 39.0 Å². The zero-order chi connectivity index (χ0) is 14.8. The van der Waals surface area contributed by atoms with Crippen LogP contribution in [0.1, 0.15) is 30.9 Å². The highest BCUT2D eigenvalue weighted by Gasteiger charge is 2.26. The van der Waals surface area contributed by atoms with Crippen molar-refractivity contribution in [3.05, 3.63) is 28.3 Å². The van der Waals surface area contributed by atoms with Crippen molar-refractivity contribution in [2.24, 2.45) is 11.7 Å². The van der Waals surface area contributed by atoms with Gasteiger partial charge in [0, 0.05) is 35.3 Å². The number of fused-ring (bicyclic) bond motifs is 1. The molecule has 0 amide bonds. The molecule has 0 saturated carbocycles. The molecule has 4 nitrogen and oxygen atoms in total. The van der Waals surface area contributed by atoms with Crippen molar-refractivity contribution < 1.29 is 9.47 Å². The maximum Gasteiger partial charge on any atom is 0.189 e. The minimum Gasteiger partial charge on any atom is -0.467 e. The monoisotopic (exact) mass is 310 g/mol. The Hall–Kier alpha value is -0.810. The summed E-state index contributed by atoms with van der Waals surface area (Å²) in [6.45, 7) is 6.07. The van der Waals surface area contributed by atoms with Gasteiger partial charge in [0.05, 0.1) is 6.61 Å². The Balaban J connectivity index is 1.77. The molecule has 2 unspecified atom stereocenters. The Labute approximate surface area is 131 Å². The summed E-state index contributed by atoms with van der Waals surface area (Å²) >= 11 is 6.23. The predicted molar refractivity (Wildman–Crippen MR) is 83.4 cm³/mol. The number of rotatable bonds is 3. The molecule has 21 heavy (non-hydrogen) atoms. The average molecular weight is 311 g/mol. The summed E-state index contributed by atoms with van der Waals surface area (Å²) in [5.74, 6) is 1.53. The van der Waals surface area contributed by atoms with E-state index < -0.39 is 0 Å². The molecule has 0 radical (unpaired) electrons. The predicted octanol–water partition coefficient (Wildman–Crippen LogP) is 2.77. The quantitative estimate of drug-likeness (QED) is 0.932. The molecule has 0 spiro atoms. The van der Waals surface area contributed by atoms with Crippen LogP contribution in [0, 0.1) is 5.92 Å². The Morgan fingerprint density at radius 1 is 1.43 bits per heavy atom. The second-order valence-electron chi connectivity index (χ2n) is 6.02. The lowest BCUT2D eigenvalue weighted by atomic mass is 9.90. The molecule has 5 heteroatoms. The largest absolute Gasteiger partial charge is 0.467 e. The van der Waals surface area contributed by atoms with Gasteiger partial charge < -0.3 is 15.2 Å². The summed E-state index contributed by atoms with van der Waals surface area (Å²) in [5, 5.41) is 0.749. The maximum absolute atomic E-state index is 6.23. The highest BCUT2D eigenvalue weighted by molar-refractivity contribution is 6.30. The van der Waals surface area contributed by atoms with Gasteiger partial charge in [-0.15, -0.1) is 0 Å². The van der Waals surface area contributed by atoms with Crippen molar-refractivity contribution in [2.75, 3.05) is 19.9 Å². The number of ether oxygens (including phenoxy) is 2. The number of nitrogens with two attached hydrogens (primary N) is 1. The molecule has 1 fully saturated rings. The van der Waals surface area contributed by atoms with E-state index in [-0.39, 0.29) is 0 Å². The van der Waals surface area contributed by atoms with Crippen LogP contribution in [-0.2, 0) is 17.9 Å². The fraction of sp³-hybridized carbons (Fsp3) is 0.625.